The van der Waals surface area contributed by atoms with E-state index in [1.54, 1.807) is 0 Å². The minimum atomic E-state index is -0.250. The normalized spacial score (nSPS) is 7.60. The van der Waals surface area contributed by atoms with E-state index in [1.807, 2.05) is 13.8 Å². The Bertz CT molecular complexity index is 97.9. The molecular weight excluding hydrogens is 136 g/mol. The molecule has 0 atom stereocenters. The second-order valence-electron chi connectivity index (χ2n) is 1.76. The fraction of sp³-hybridized carbons (Fsp3) is 0.667. The fourth-order valence-electron chi connectivity index (χ4n) is 0.332. The van der Waals surface area contributed by atoms with Crippen molar-refractivity contribution in [1.29, 1.82) is 0 Å². The van der Waals surface area contributed by atoms with E-state index in [2.05, 4.69) is 4.74 Å². The Labute approximate surface area is 59.8 Å². The highest BCUT2D eigenvalue weighted by Gasteiger charge is 1.93. The lowest BCUT2D eigenvalue weighted by Crippen LogP contribution is -2.06. The third-order valence-electron chi connectivity index (χ3n) is 0.402. The Morgan fingerprint density at radius 2 is 1.90 bits per heavy atom. The Morgan fingerprint density at radius 1 is 1.60 bits per heavy atom. The van der Waals surface area contributed by atoms with Crippen LogP contribution in [-0.4, -0.2) is 23.7 Å². The van der Waals surface area contributed by atoms with Crippen molar-refractivity contribution < 1.29 is 19.4 Å². The smallest absolute Gasteiger partial charge is 0.302 e. The molecule has 0 amide bonds. The number of carboxylic acid groups (broad SMARTS) is 1. The molecule has 0 aliphatic rings. The van der Waals surface area contributed by atoms with Crippen LogP contribution in [0.1, 0.15) is 20.8 Å². The predicted molar refractivity (Wildman–Crippen MR) is 35.6 cm³/mol. The second kappa shape index (κ2) is 7.94. The summed E-state index contributed by atoms with van der Waals surface area (Å²) in [5.41, 5.74) is 0. The van der Waals surface area contributed by atoms with Crippen LogP contribution in [0.4, 0.5) is 0 Å². The lowest BCUT2D eigenvalue weighted by molar-refractivity contribution is -0.144. The number of carbonyl (C=O) groups excluding carboxylic acids is 1. The van der Waals surface area contributed by atoms with E-state index in [0.717, 1.165) is 0 Å². The van der Waals surface area contributed by atoms with Crippen molar-refractivity contribution in [3.05, 3.63) is 0 Å². The summed E-state index contributed by atoms with van der Waals surface area (Å²) in [7, 11) is 0. The summed E-state index contributed by atoms with van der Waals surface area (Å²) < 4.78 is 4.61. The van der Waals surface area contributed by atoms with Gasteiger partial charge in [0.2, 0.25) is 0 Å². The average molecular weight is 148 g/mol. The average Bonchev–Trinajstić information content (AvgIpc) is 1.62. The fourth-order valence-corrected chi connectivity index (χ4v) is 0.332. The van der Waals surface area contributed by atoms with E-state index in [0.29, 0.717) is 0 Å². The van der Waals surface area contributed by atoms with Crippen molar-refractivity contribution >= 4 is 12.4 Å². The van der Waals surface area contributed by atoms with Crippen LogP contribution in [0.5, 0.6) is 0 Å². The zero-order chi connectivity index (χ0) is 8.57. The summed E-state index contributed by atoms with van der Waals surface area (Å²) in [6, 6.07) is 0. The highest BCUT2D eigenvalue weighted by molar-refractivity contribution is 5.66. The van der Waals surface area contributed by atoms with Crippen molar-refractivity contribution in [3.8, 4) is 0 Å². The van der Waals surface area contributed by atoms with Crippen molar-refractivity contribution in [3.63, 3.8) is 0 Å². The second-order valence-corrected chi connectivity index (χ2v) is 1.76. The van der Waals surface area contributed by atoms with Gasteiger partial charge in [-0.1, -0.05) is 0 Å². The van der Waals surface area contributed by atoms with Gasteiger partial charge in [-0.2, -0.15) is 0 Å². The highest BCUT2D eigenvalue weighted by atomic mass is 16.5. The molecule has 0 spiro atoms. The summed E-state index contributed by atoms with van der Waals surface area (Å²) in [5.74, 6) is -0.213. The Morgan fingerprint density at radius 3 is 1.90 bits per heavy atom. The largest absolute Gasteiger partial charge is 0.483 e. The summed E-state index contributed by atoms with van der Waals surface area (Å²) >= 11 is 0. The van der Waals surface area contributed by atoms with Gasteiger partial charge in [0, 0.05) is 6.92 Å². The van der Waals surface area contributed by atoms with Crippen molar-refractivity contribution in [2.24, 2.45) is 0 Å². The molecule has 10 heavy (non-hydrogen) atoms. The Kier molecular flexibility index (Phi) is 9.29. The van der Waals surface area contributed by atoms with Gasteiger partial charge in [0.1, 0.15) is 0 Å². The van der Waals surface area contributed by atoms with Gasteiger partial charge in [0.25, 0.3) is 6.47 Å². The Hall–Kier alpha value is -1.06. The summed E-state index contributed by atoms with van der Waals surface area (Å²) in [4.78, 5) is 18.4. The lowest BCUT2D eigenvalue weighted by Gasteiger charge is -2.01. The maximum Gasteiger partial charge on any atom is 0.302 e. The molecule has 0 bridgehead atoms. The monoisotopic (exact) mass is 148 g/mol. The number of ether oxygens (including phenoxy) is 1. The van der Waals surface area contributed by atoms with Crippen LogP contribution in [-0.2, 0) is 14.3 Å². The maximum absolute atomic E-state index is 10.0. The zero-order valence-corrected chi connectivity index (χ0v) is 6.33. The molecule has 0 aromatic carbocycles. The summed E-state index contributed by atoms with van der Waals surface area (Å²) in [6.07, 6.45) is 0.0255. The first-order chi connectivity index (χ1) is 4.54. The highest BCUT2D eigenvalue weighted by Crippen LogP contribution is 1.85. The molecule has 0 rings (SSSR count). The van der Waals surface area contributed by atoms with Crippen LogP contribution in [0, 0.1) is 0 Å². The number of hydrogen-bond donors (Lipinski definition) is 1. The Balaban J connectivity index is 0. The van der Waals surface area contributed by atoms with Gasteiger partial charge in [0.05, 0.1) is 6.10 Å². The van der Waals surface area contributed by atoms with Crippen LogP contribution in [0.2, 0.25) is 0 Å². The molecule has 0 saturated carbocycles. The van der Waals surface area contributed by atoms with Gasteiger partial charge in [0.15, 0.2) is 0 Å². The topological polar surface area (TPSA) is 63.6 Å². The first-order valence-corrected chi connectivity index (χ1v) is 2.79. The number of esters is 1. The minimum absolute atomic E-state index is 0.0255. The molecule has 0 fully saturated rings. The molecule has 60 valence electrons. The van der Waals surface area contributed by atoms with Crippen molar-refractivity contribution in [1.82, 2.24) is 0 Å². The molecule has 0 unspecified atom stereocenters. The maximum atomic E-state index is 10.0. The molecule has 0 aliphatic carbocycles. The van der Waals surface area contributed by atoms with E-state index < -0.39 is 0 Å². The lowest BCUT2D eigenvalue weighted by atomic mass is 10.5. The molecular formula is C6H12O4. The molecule has 0 aromatic rings. The molecule has 0 saturated heterocycles. The van der Waals surface area contributed by atoms with Crippen molar-refractivity contribution in [2.45, 2.75) is 26.9 Å². The van der Waals surface area contributed by atoms with Gasteiger partial charge in [-0.3, -0.25) is 9.59 Å². The van der Waals surface area contributed by atoms with E-state index in [4.69, 9.17) is 9.90 Å². The first-order valence-electron chi connectivity index (χ1n) is 2.79. The zero-order valence-electron chi connectivity index (χ0n) is 6.33. The van der Waals surface area contributed by atoms with Crippen molar-refractivity contribution in [2.75, 3.05) is 0 Å². The molecule has 1 N–H and O–H groups in total. The van der Waals surface area contributed by atoms with Gasteiger partial charge in [-0.25, -0.2) is 0 Å². The van der Waals surface area contributed by atoms with Crippen LogP contribution in [0.3, 0.4) is 0 Å². The van der Waals surface area contributed by atoms with E-state index in [9.17, 15) is 4.79 Å². The summed E-state index contributed by atoms with van der Waals surface area (Å²) in [6.45, 7) is 4.79. The minimum Gasteiger partial charge on any atom is -0.483 e. The van der Waals surface area contributed by atoms with Gasteiger partial charge < -0.3 is 9.84 Å². The van der Waals surface area contributed by atoms with E-state index in [1.165, 1.54) is 6.92 Å². The standard InChI is InChI=1S/C5H10O2.CH2O2/c1-4(2)7-5(3)6;2-1-3/h4H,1-3H3;1H,(H,2,3). The quantitative estimate of drug-likeness (QED) is 0.438. The molecule has 0 aliphatic heterocycles. The number of hydrogen-bond acceptors (Lipinski definition) is 3. The van der Waals surface area contributed by atoms with Gasteiger partial charge in [-0.15, -0.1) is 0 Å². The predicted octanol–water partition coefficient (Wildman–Crippen LogP) is 0.659. The molecule has 4 nitrogen and oxygen atoms in total. The number of rotatable bonds is 1. The molecule has 4 heteroatoms. The van der Waals surface area contributed by atoms with Crippen LogP contribution in [0.15, 0.2) is 0 Å². The molecule has 0 aromatic heterocycles. The van der Waals surface area contributed by atoms with E-state index in [-0.39, 0.29) is 18.5 Å². The molecule has 0 heterocycles. The SMILES string of the molecule is CC(=O)OC(C)C.O=CO. The van der Waals surface area contributed by atoms with Crippen LogP contribution in [0.25, 0.3) is 0 Å². The number of carbonyl (C=O) groups is 2. The van der Waals surface area contributed by atoms with Crippen LogP contribution < -0.4 is 0 Å². The van der Waals surface area contributed by atoms with E-state index >= 15 is 0 Å². The first kappa shape index (κ1) is 11.7. The van der Waals surface area contributed by atoms with Gasteiger partial charge >= 0.3 is 5.97 Å². The van der Waals surface area contributed by atoms with Gasteiger partial charge in [-0.05, 0) is 13.8 Å². The summed E-state index contributed by atoms with van der Waals surface area (Å²) in [5, 5.41) is 6.89. The molecule has 0 radical (unpaired) electrons. The third kappa shape index (κ3) is 28.3. The third-order valence-corrected chi connectivity index (χ3v) is 0.402. The van der Waals surface area contributed by atoms with Crippen LogP contribution >= 0.6 is 0 Å².